The molecule has 2 rings (SSSR count). The van der Waals surface area contributed by atoms with Gasteiger partial charge in [-0.2, -0.15) is 0 Å². The highest BCUT2D eigenvalue weighted by Gasteiger charge is 2.13. The first kappa shape index (κ1) is 14.4. The molecule has 5 nitrogen and oxygen atoms in total. The number of ether oxygens (including phenoxy) is 1. The van der Waals surface area contributed by atoms with Gasteiger partial charge in [0.2, 0.25) is 5.91 Å². The third-order valence-corrected chi connectivity index (χ3v) is 3.86. The molecule has 1 fully saturated rings. The number of rotatable bonds is 6. The van der Waals surface area contributed by atoms with Crippen molar-refractivity contribution in [3.8, 4) is 0 Å². The van der Waals surface area contributed by atoms with Gasteiger partial charge in [0.25, 0.3) is 0 Å². The highest BCUT2D eigenvalue weighted by Crippen LogP contribution is 2.13. The number of amides is 1. The van der Waals surface area contributed by atoms with E-state index >= 15 is 0 Å². The van der Waals surface area contributed by atoms with Gasteiger partial charge >= 0.3 is 0 Å². The van der Waals surface area contributed by atoms with Crippen molar-refractivity contribution in [1.82, 2.24) is 15.2 Å². The average Bonchev–Trinajstić information content (AvgIpc) is 2.85. The molecule has 1 aromatic rings. The molecule has 1 amide bonds. The van der Waals surface area contributed by atoms with Crippen LogP contribution in [-0.4, -0.2) is 48.6 Å². The number of nitrogens with one attached hydrogen (secondary N) is 1. The van der Waals surface area contributed by atoms with Crippen LogP contribution in [0.1, 0.15) is 24.0 Å². The van der Waals surface area contributed by atoms with E-state index in [9.17, 15) is 4.79 Å². The molecule has 2 heterocycles. The summed E-state index contributed by atoms with van der Waals surface area (Å²) in [7, 11) is 0. The van der Waals surface area contributed by atoms with Gasteiger partial charge in [-0.3, -0.25) is 9.69 Å². The Morgan fingerprint density at radius 3 is 3.05 bits per heavy atom. The van der Waals surface area contributed by atoms with E-state index in [4.69, 9.17) is 4.74 Å². The number of thiazole rings is 1. The van der Waals surface area contributed by atoms with Crippen LogP contribution in [0.25, 0.3) is 0 Å². The molecule has 1 saturated heterocycles. The molecule has 1 aliphatic rings. The lowest BCUT2D eigenvalue weighted by Crippen LogP contribution is -2.35. The summed E-state index contributed by atoms with van der Waals surface area (Å²) in [5, 5.41) is 5.94. The Balaban J connectivity index is 1.79. The third-order valence-electron chi connectivity index (χ3n) is 2.98. The van der Waals surface area contributed by atoms with Crippen molar-refractivity contribution >= 4 is 17.2 Å². The maximum Gasteiger partial charge on any atom is 0.226 e. The summed E-state index contributed by atoms with van der Waals surface area (Å²) in [6, 6.07) is 0. The fraction of sp³-hybridized carbons (Fsp3) is 0.692. The first-order chi connectivity index (χ1) is 9.28. The number of hydrogen-bond acceptors (Lipinski definition) is 5. The molecule has 1 N–H and O–H groups in total. The summed E-state index contributed by atoms with van der Waals surface area (Å²) in [6.07, 6.45) is 1.35. The van der Waals surface area contributed by atoms with Crippen molar-refractivity contribution in [2.75, 3.05) is 32.8 Å². The van der Waals surface area contributed by atoms with Crippen LogP contribution < -0.4 is 5.32 Å². The molecular weight excluding hydrogens is 262 g/mol. The van der Waals surface area contributed by atoms with Crippen molar-refractivity contribution in [1.29, 1.82) is 0 Å². The van der Waals surface area contributed by atoms with E-state index in [1.54, 1.807) is 11.3 Å². The predicted molar refractivity (Wildman–Crippen MR) is 75.2 cm³/mol. The SMILES string of the molecule is CCCNC(=O)Cc1csc(CN2CCOCC2)n1. The fourth-order valence-corrected chi connectivity index (χ4v) is 2.78. The van der Waals surface area contributed by atoms with Crippen molar-refractivity contribution < 1.29 is 9.53 Å². The van der Waals surface area contributed by atoms with E-state index < -0.39 is 0 Å². The lowest BCUT2D eigenvalue weighted by atomic mass is 10.3. The van der Waals surface area contributed by atoms with E-state index in [-0.39, 0.29) is 5.91 Å². The molecule has 0 spiro atoms. The van der Waals surface area contributed by atoms with Crippen LogP contribution >= 0.6 is 11.3 Å². The molecular formula is C13H21N3O2S. The summed E-state index contributed by atoms with van der Waals surface area (Å²) in [6.45, 7) is 7.19. The molecule has 106 valence electrons. The normalized spacial score (nSPS) is 16.5. The van der Waals surface area contributed by atoms with Crippen LogP contribution in [0, 0.1) is 0 Å². The molecule has 0 radical (unpaired) electrons. The molecule has 6 heteroatoms. The molecule has 0 unspecified atom stereocenters. The number of morpholine rings is 1. The maximum atomic E-state index is 11.6. The van der Waals surface area contributed by atoms with E-state index in [2.05, 4.69) is 15.2 Å². The van der Waals surface area contributed by atoms with Crippen molar-refractivity contribution in [2.24, 2.45) is 0 Å². The second kappa shape index (κ2) is 7.57. The molecule has 0 saturated carbocycles. The fourth-order valence-electron chi connectivity index (χ4n) is 1.94. The van der Waals surface area contributed by atoms with Crippen molar-refractivity contribution in [3.05, 3.63) is 16.1 Å². The third kappa shape index (κ3) is 4.89. The lowest BCUT2D eigenvalue weighted by Gasteiger charge is -2.25. The molecule has 19 heavy (non-hydrogen) atoms. The predicted octanol–water partition coefficient (Wildman–Crippen LogP) is 1.04. The Labute approximate surface area is 118 Å². The first-order valence-electron chi connectivity index (χ1n) is 6.78. The largest absolute Gasteiger partial charge is 0.379 e. The summed E-state index contributed by atoms with van der Waals surface area (Å²) < 4.78 is 5.32. The van der Waals surface area contributed by atoms with Gasteiger partial charge in [0.1, 0.15) is 5.01 Å². The Bertz CT molecular complexity index is 402. The van der Waals surface area contributed by atoms with E-state index in [1.807, 2.05) is 12.3 Å². The van der Waals surface area contributed by atoms with E-state index in [0.29, 0.717) is 6.42 Å². The van der Waals surface area contributed by atoms with Crippen LogP contribution in [-0.2, 0) is 22.5 Å². The molecule has 1 aliphatic heterocycles. The van der Waals surface area contributed by atoms with Gasteiger partial charge in [0, 0.05) is 25.0 Å². The minimum absolute atomic E-state index is 0.0603. The molecule has 0 aliphatic carbocycles. The number of carbonyl (C=O) groups excluding carboxylic acids is 1. The Hall–Kier alpha value is -0.980. The van der Waals surface area contributed by atoms with Crippen molar-refractivity contribution in [2.45, 2.75) is 26.3 Å². The smallest absolute Gasteiger partial charge is 0.226 e. The molecule has 1 aromatic heterocycles. The molecule has 0 atom stereocenters. The zero-order valence-electron chi connectivity index (χ0n) is 11.4. The average molecular weight is 283 g/mol. The zero-order valence-corrected chi connectivity index (χ0v) is 12.2. The Morgan fingerprint density at radius 1 is 1.53 bits per heavy atom. The lowest BCUT2D eigenvalue weighted by molar-refractivity contribution is -0.120. The van der Waals surface area contributed by atoms with Gasteiger partial charge in [-0.1, -0.05) is 6.92 Å². The highest BCUT2D eigenvalue weighted by molar-refractivity contribution is 7.09. The van der Waals surface area contributed by atoms with Crippen LogP contribution in [0.15, 0.2) is 5.38 Å². The number of nitrogens with zero attached hydrogens (tertiary/aromatic N) is 2. The van der Waals surface area contributed by atoms with E-state index in [0.717, 1.165) is 56.5 Å². The second-order valence-corrected chi connectivity index (χ2v) is 5.59. The molecule has 0 bridgehead atoms. The second-order valence-electron chi connectivity index (χ2n) is 4.65. The number of aromatic nitrogens is 1. The van der Waals surface area contributed by atoms with Gasteiger partial charge in [-0.05, 0) is 6.42 Å². The Kier molecular flexibility index (Phi) is 5.75. The van der Waals surface area contributed by atoms with Gasteiger partial charge in [0.05, 0.1) is 31.9 Å². The van der Waals surface area contributed by atoms with Gasteiger partial charge in [-0.15, -0.1) is 11.3 Å². The van der Waals surface area contributed by atoms with Crippen LogP contribution in [0.5, 0.6) is 0 Å². The summed E-state index contributed by atoms with van der Waals surface area (Å²) >= 11 is 1.64. The topological polar surface area (TPSA) is 54.5 Å². The molecule has 0 aromatic carbocycles. The standard InChI is InChI=1S/C13H21N3O2S/c1-2-3-14-12(17)8-11-10-19-13(15-11)9-16-4-6-18-7-5-16/h10H,2-9H2,1H3,(H,14,17). The minimum atomic E-state index is 0.0603. The monoisotopic (exact) mass is 283 g/mol. The summed E-state index contributed by atoms with van der Waals surface area (Å²) in [4.78, 5) is 18.5. The van der Waals surface area contributed by atoms with Gasteiger partial charge < -0.3 is 10.1 Å². The number of carbonyl (C=O) groups is 1. The van der Waals surface area contributed by atoms with Crippen LogP contribution in [0.2, 0.25) is 0 Å². The van der Waals surface area contributed by atoms with Gasteiger partial charge in [0.15, 0.2) is 0 Å². The summed E-state index contributed by atoms with van der Waals surface area (Å²) in [5.41, 5.74) is 0.877. The summed E-state index contributed by atoms with van der Waals surface area (Å²) in [5.74, 6) is 0.0603. The van der Waals surface area contributed by atoms with Gasteiger partial charge in [-0.25, -0.2) is 4.98 Å². The Morgan fingerprint density at radius 2 is 2.32 bits per heavy atom. The quantitative estimate of drug-likeness (QED) is 0.848. The van der Waals surface area contributed by atoms with Crippen LogP contribution in [0.4, 0.5) is 0 Å². The van der Waals surface area contributed by atoms with Crippen LogP contribution in [0.3, 0.4) is 0 Å². The highest BCUT2D eigenvalue weighted by atomic mass is 32.1. The van der Waals surface area contributed by atoms with Crippen molar-refractivity contribution in [3.63, 3.8) is 0 Å². The van der Waals surface area contributed by atoms with E-state index in [1.165, 1.54) is 0 Å². The zero-order chi connectivity index (χ0) is 13.5. The maximum absolute atomic E-state index is 11.6. The minimum Gasteiger partial charge on any atom is -0.379 e. The number of hydrogen-bond donors (Lipinski definition) is 1. The first-order valence-corrected chi connectivity index (χ1v) is 7.66.